The summed E-state index contributed by atoms with van der Waals surface area (Å²) < 4.78 is 0. The van der Waals surface area contributed by atoms with Crippen molar-refractivity contribution in [2.45, 2.75) is 5.41 Å². The van der Waals surface area contributed by atoms with E-state index in [1.54, 1.807) is 0 Å². The van der Waals surface area contributed by atoms with Gasteiger partial charge in [-0.15, -0.1) is 0 Å². The van der Waals surface area contributed by atoms with Gasteiger partial charge in [-0.2, -0.15) is 0 Å². The van der Waals surface area contributed by atoms with Gasteiger partial charge in [0.15, 0.2) is 17.5 Å². The average molecular weight is 648 g/mol. The lowest BCUT2D eigenvalue weighted by Crippen LogP contribution is -2.26. The van der Waals surface area contributed by atoms with Gasteiger partial charge in [0.1, 0.15) is 0 Å². The molecular formula is C48H29N3. The van der Waals surface area contributed by atoms with Crippen LogP contribution in [0.25, 0.3) is 78.0 Å². The smallest absolute Gasteiger partial charge is 0.164 e. The molecule has 11 rings (SSSR count). The van der Waals surface area contributed by atoms with Gasteiger partial charge in [-0.05, 0) is 72.1 Å². The molecule has 2 aliphatic rings. The molecule has 0 saturated heterocycles. The zero-order chi connectivity index (χ0) is 33.5. The molecule has 2 aliphatic carbocycles. The third kappa shape index (κ3) is 3.97. The van der Waals surface area contributed by atoms with Crippen molar-refractivity contribution in [3.8, 4) is 56.4 Å². The van der Waals surface area contributed by atoms with Crippen LogP contribution in [-0.4, -0.2) is 15.0 Å². The molecule has 0 bridgehead atoms. The van der Waals surface area contributed by atoms with Gasteiger partial charge in [0, 0.05) is 16.7 Å². The molecule has 1 aromatic heterocycles. The number of rotatable bonds is 4. The average Bonchev–Trinajstić information content (AvgIpc) is 3.68. The molecule has 0 atom stereocenters. The Bertz CT molecular complexity index is 2780. The lowest BCUT2D eigenvalue weighted by atomic mass is 9.70. The molecule has 0 radical (unpaired) electrons. The first-order valence-electron chi connectivity index (χ1n) is 17.4. The molecule has 3 nitrogen and oxygen atoms in total. The van der Waals surface area contributed by atoms with E-state index in [-0.39, 0.29) is 0 Å². The van der Waals surface area contributed by atoms with Gasteiger partial charge < -0.3 is 0 Å². The summed E-state index contributed by atoms with van der Waals surface area (Å²) in [5, 5.41) is 5.31. The topological polar surface area (TPSA) is 38.7 Å². The van der Waals surface area contributed by atoms with Crippen molar-refractivity contribution in [2.75, 3.05) is 0 Å². The highest BCUT2D eigenvalue weighted by atomic mass is 15.0. The Morgan fingerprint density at radius 3 is 1.39 bits per heavy atom. The zero-order valence-electron chi connectivity index (χ0n) is 27.6. The highest BCUT2D eigenvalue weighted by Gasteiger charge is 2.50. The van der Waals surface area contributed by atoms with E-state index in [4.69, 9.17) is 15.0 Å². The normalized spacial score (nSPS) is 13.3. The maximum Gasteiger partial charge on any atom is 0.164 e. The molecule has 0 amide bonds. The molecule has 9 aromatic rings. The highest BCUT2D eigenvalue weighted by molar-refractivity contribution is 6.17. The highest BCUT2D eigenvalue weighted by Crippen LogP contribution is 2.62. The van der Waals surface area contributed by atoms with E-state index in [2.05, 4.69) is 152 Å². The fourth-order valence-electron chi connectivity index (χ4n) is 8.72. The number of hydrogen-bond acceptors (Lipinski definition) is 3. The molecule has 8 aromatic carbocycles. The molecule has 0 fully saturated rings. The van der Waals surface area contributed by atoms with Crippen molar-refractivity contribution >= 4 is 21.5 Å². The van der Waals surface area contributed by atoms with Crippen LogP contribution >= 0.6 is 0 Å². The van der Waals surface area contributed by atoms with Crippen molar-refractivity contribution in [3.05, 3.63) is 198 Å². The Kier molecular flexibility index (Phi) is 5.88. The summed E-state index contributed by atoms with van der Waals surface area (Å²) in [6.07, 6.45) is 0. The number of benzene rings is 8. The second-order valence-electron chi connectivity index (χ2n) is 13.5. The Hall–Kier alpha value is -6.71. The van der Waals surface area contributed by atoms with Crippen LogP contribution in [0.4, 0.5) is 0 Å². The summed E-state index contributed by atoms with van der Waals surface area (Å²) in [4.78, 5) is 15.3. The van der Waals surface area contributed by atoms with Gasteiger partial charge in [-0.25, -0.2) is 15.0 Å². The Morgan fingerprint density at radius 2 is 0.745 bits per heavy atom. The molecular weight excluding hydrogens is 619 g/mol. The van der Waals surface area contributed by atoms with E-state index in [0.717, 1.165) is 22.3 Å². The van der Waals surface area contributed by atoms with Crippen molar-refractivity contribution in [3.63, 3.8) is 0 Å². The second-order valence-corrected chi connectivity index (χ2v) is 13.5. The van der Waals surface area contributed by atoms with E-state index in [1.807, 2.05) is 24.3 Å². The van der Waals surface area contributed by atoms with Crippen LogP contribution < -0.4 is 0 Å². The summed E-state index contributed by atoms with van der Waals surface area (Å²) >= 11 is 0. The van der Waals surface area contributed by atoms with Crippen LogP contribution in [0.3, 0.4) is 0 Å². The summed E-state index contributed by atoms with van der Waals surface area (Å²) in [7, 11) is 0. The molecule has 1 heterocycles. The van der Waals surface area contributed by atoms with Crippen molar-refractivity contribution in [1.82, 2.24) is 15.0 Å². The van der Waals surface area contributed by atoms with E-state index < -0.39 is 5.41 Å². The third-order valence-electron chi connectivity index (χ3n) is 10.9. The molecule has 0 aliphatic heterocycles. The minimum absolute atomic E-state index is 0.396. The molecule has 3 heteroatoms. The number of fused-ring (bicyclic) bond motifs is 7. The molecule has 1 spiro atoms. The van der Waals surface area contributed by atoms with Crippen LogP contribution in [0, 0.1) is 0 Å². The van der Waals surface area contributed by atoms with Crippen molar-refractivity contribution in [1.29, 1.82) is 0 Å². The van der Waals surface area contributed by atoms with Crippen LogP contribution in [-0.2, 0) is 5.41 Å². The molecule has 0 saturated carbocycles. The van der Waals surface area contributed by atoms with Gasteiger partial charge in [0.2, 0.25) is 0 Å². The fourth-order valence-corrected chi connectivity index (χ4v) is 8.72. The van der Waals surface area contributed by atoms with Gasteiger partial charge in [0.05, 0.1) is 5.41 Å². The molecule has 0 N–H and O–H groups in total. The maximum absolute atomic E-state index is 5.15. The summed E-state index contributed by atoms with van der Waals surface area (Å²) in [6, 6.07) is 63.1. The second kappa shape index (κ2) is 10.6. The van der Waals surface area contributed by atoms with Crippen LogP contribution in [0.5, 0.6) is 0 Å². The lowest BCUT2D eigenvalue weighted by molar-refractivity contribution is 0.797. The summed E-state index contributed by atoms with van der Waals surface area (Å²) in [5.74, 6) is 1.97. The van der Waals surface area contributed by atoms with Crippen molar-refractivity contribution in [2.24, 2.45) is 0 Å². The third-order valence-corrected chi connectivity index (χ3v) is 10.9. The summed E-state index contributed by atoms with van der Waals surface area (Å²) in [6.45, 7) is 0. The Labute approximate surface area is 295 Å². The van der Waals surface area contributed by atoms with Gasteiger partial charge in [0.25, 0.3) is 0 Å². The van der Waals surface area contributed by atoms with E-state index in [1.165, 1.54) is 60.5 Å². The SMILES string of the molecule is c1ccc(-c2ccc(-c3nc(-c4ccccc4)nc(-c4ccc5c(c4)-c4ccccc4C54c5cccc6ccc7cccc4c7c56)n3)cc2)cc1. The first-order valence-corrected chi connectivity index (χ1v) is 17.4. The van der Waals surface area contributed by atoms with Gasteiger partial charge in [-0.3, -0.25) is 0 Å². The number of aromatic nitrogens is 3. The minimum Gasteiger partial charge on any atom is -0.208 e. The minimum atomic E-state index is -0.396. The maximum atomic E-state index is 5.15. The van der Waals surface area contributed by atoms with E-state index in [9.17, 15) is 0 Å². The van der Waals surface area contributed by atoms with Crippen LogP contribution in [0.1, 0.15) is 22.3 Å². The predicted molar refractivity (Wildman–Crippen MR) is 207 cm³/mol. The fraction of sp³-hybridized carbons (Fsp3) is 0.0208. The van der Waals surface area contributed by atoms with Gasteiger partial charge >= 0.3 is 0 Å². The summed E-state index contributed by atoms with van der Waals surface area (Å²) in [5.41, 5.74) is 12.6. The van der Waals surface area contributed by atoms with Crippen LogP contribution in [0.15, 0.2) is 176 Å². The van der Waals surface area contributed by atoms with E-state index in [0.29, 0.717) is 17.5 Å². The Morgan fingerprint density at radius 1 is 0.294 bits per heavy atom. The first-order chi connectivity index (χ1) is 25.3. The number of hydrogen-bond donors (Lipinski definition) is 0. The number of nitrogens with zero attached hydrogens (tertiary/aromatic N) is 3. The standard InChI is InChI=1S/C48H29N3/c1-3-11-30(12-4-1)31-21-25-35(26-22-31)46-49-45(34-13-5-2-6-14-34)50-47(51-46)36-27-28-40-38(29-36)37-17-7-8-18-39(37)48(40)41-19-9-15-32-23-24-33-16-10-20-42(48)44(33)43(32)41/h1-29H. The van der Waals surface area contributed by atoms with Gasteiger partial charge in [-0.1, -0.05) is 170 Å². The quantitative estimate of drug-likeness (QED) is 0.178. The molecule has 236 valence electrons. The molecule has 51 heavy (non-hydrogen) atoms. The van der Waals surface area contributed by atoms with E-state index >= 15 is 0 Å². The van der Waals surface area contributed by atoms with Crippen LogP contribution in [0.2, 0.25) is 0 Å². The Balaban J connectivity index is 1.11. The largest absolute Gasteiger partial charge is 0.208 e. The monoisotopic (exact) mass is 647 g/mol. The van der Waals surface area contributed by atoms with Crippen molar-refractivity contribution < 1.29 is 0 Å². The first kappa shape index (κ1) is 28.2. The lowest BCUT2D eigenvalue weighted by Gasteiger charge is -2.30. The molecule has 0 unspecified atom stereocenters. The predicted octanol–water partition coefficient (Wildman–Crippen LogP) is 11.5. The zero-order valence-corrected chi connectivity index (χ0v) is 27.6.